The molecule has 0 aliphatic rings. The van der Waals surface area contributed by atoms with Gasteiger partial charge in [-0.15, -0.1) is 0 Å². The van der Waals surface area contributed by atoms with Gasteiger partial charge in [-0.2, -0.15) is 13.2 Å². The SMILES string of the molecule is O=C(Oc1ccc2[nH]ccc2c1)C(F)(F)F. The van der Waals surface area contributed by atoms with Gasteiger partial charge in [0.25, 0.3) is 0 Å². The van der Waals surface area contributed by atoms with E-state index in [4.69, 9.17) is 0 Å². The molecule has 0 bridgehead atoms. The standard InChI is InChI=1S/C10H6F3NO2/c11-10(12,13)9(15)16-7-1-2-8-6(5-7)3-4-14-8/h1-5,14H. The Morgan fingerprint density at radius 1 is 1.25 bits per heavy atom. The molecule has 16 heavy (non-hydrogen) atoms. The zero-order chi connectivity index (χ0) is 11.8. The summed E-state index contributed by atoms with van der Waals surface area (Å²) in [7, 11) is 0. The Balaban J connectivity index is 2.24. The predicted molar refractivity (Wildman–Crippen MR) is 50.0 cm³/mol. The highest BCUT2D eigenvalue weighted by Gasteiger charge is 2.41. The van der Waals surface area contributed by atoms with Crippen LogP contribution < -0.4 is 4.74 Å². The Hall–Kier alpha value is -1.98. The third-order valence-electron chi connectivity index (χ3n) is 1.97. The second kappa shape index (κ2) is 3.55. The molecule has 84 valence electrons. The molecule has 2 rings (SSSR count). The number of hydrogen-bond acceptors (Lipinski definition) is 2. The van der Waals surface area contributed by atoms with Gasteiger partial charge in [0.15, 0.2) is 0 Å². The third kappa shape index (κ3) is 2.00. The first kappa shape index (κ1) is 10.5. The van der Waals surface area contributed by atoms with E-state index in [1.165, 1.54) is 18.2 Å². The van der Waals surface area contributed by atoms with Crippen LogP contribution in [0.4, 0.5) is 13.2 Å². The Morgan fingerprint density at radius 2 is 2.00 bits per heavy atom. The molecular formula is C10H6F3NO2. The maximum absolute atomic E-state index is 11.9. The number of nitrogens with one attached hydrogen (secondary N) is 1. The van der Waals surface area contributed by atoms with Gasteiger partial charge in [-0.25, -0.2) is 4.79 Å². The van der Waals surface area contributed by atoms with Crippen molar-refractivity contribution in [3.8, 4) is 5.75 Å². The van der Waals surface area contributed by atoms with Gasteiger partial charge in [0.05, 0.1) is 0 Å². The van der Waals surface area contributed by atoms with Crippen molar-refractivity contribution in [2.24, 2.45) is 0 Å². The molecule has 0 amide bonds. The minimum atomic E-state index is -4.98. The van der Waals surface area contributed by atoms with Crippen molar-refractivity contribution in [3.63, 3.8) is 0 Å². The molecule has 0 atom stereocenters. The van der Waals surface area contributed by atoms with Crippen molar-refractivity contribution >= 4 is 16.9 Å². The average molecular weight is 229 g/mol. The molecule has 1 heterocycles. The number of benzene rings is 1. The summed E-state index contributed by atoms with van der Waals surface area (Å²) in [6, 6.07) is 5.85. The fourth-order valence-corrected chi connectivity index (χ4v) is 1.26. The minimum absolute atomic E-state index is 0.130. The molecule has 2 aromatic rings. The number of rotatable bonds is 1. The zero-order valence-corrected chi connectivity index (χ0v) is 7.84. The third-order valence-corrected chi connectivity index (χ3v) is 1.97. The molecule has 0 unspecified atom stereocenters. The number of carbonyl (C=O) groups excluding carboxylic acids is 1. The number of aromatic amines is 1. The number of esters is 1. The molecule has 1 N–H and O–H groups in total. The van der Waals surface area contributed by atoms with E-state index < -0.39 is 12.1 Å². The van der Waals surface area contributed by atoms with Crippen molar-refractivity contribution in [2.75, 3.05) is 0 Å². The molecule has 0 saturated heterocycles. The van der Waals surface area contributed by atoms with Crippen molar-refractivity contribution in [2.45, 2.75) is 6.18 Å². The van der Waals surface area contributed by atoms with Crippen LogP contribution in [-0.4, -0.2) is 17.1 Å². The molecular weight excluding hydrogens is 223 g/mol. The van der Waals surface area contributed by atoms with Crippen molar-refractivity contribution in [3.05, 3.63) is 30.5 Å². The summed E-state index contributed by atoms with van der Waals surface area (Å²) in [5.74, 6) is -2.35. The van der Waals surface area contributed by atoms with Gasteiger partial charge in [0.1, 0.15) is 5.75 Å². The molecule has 3 nitrogen and oxygen atoms in total. The Morgan fingerprint density at radius 3 is 2.69 bits per heavy atom. The molecule has 0 saturated carbocycles. The number of hydrogen-bond donors (Lipinski definition) is 1. The summed E-state index contributed by atoms with van der Waals surface area (Å²) in [5, 5.41) is 0.674. The summed E-state index contributed by atoms with van der Waals surface area (Å²) in [6.07, 6.45) is -3.34. The first-order valence-electron chi connectivity index (χ1n) is 4.33. The van der Waals surface area contributed by atoms with E-state index in [-0.39, 0.29) is 5.75 Å². The lowest BCUT2D eigenvalue weighted by Crippen LogP contribution is -2.27. The summed E-state index contributed by atoms with van der Waals surface area (Å²) < 4.78 is 39.9. The van der Waals surface area contributed by atoms with Crippen LogP contribution in [0.25, 0.3) is 10.9 Å². The van der Waals surface area contributed by atoms with Gasteiger partial charge in [0.2, 0.25) is 0 Å². The van der Waals surface area contributed by atoms with Crippen LogP contribution in [0.1, 0.15) is 0 Å². The lowest BCUT2D eigenvalue weighted by molar-refractivity contribution is -0.189. The van der Waals surface area contributed by atoms with Crippen LogP contribution in [0.15, 0.2) is 30.5 Å². The van der Waals surface area contributed by atoms with E-state index in [1.54, 1.807) is 12.3 Å². The second-order valence-corrected chi connectivity index (χ2v) is 3.11. The number of carbonyl (C=O) groups is 1. The van der Waals surface area contributed by atoms with Crippen molar-refractivity contribution < 1.29 is 22.7 Å². The number of halogens is 3. The average Bonchev–Trinajstić information content (AvgIpc) is 2.63. The van der Waals surface area contributed by atoms with Crippen LogP contribution in [-0.2, 0) is 4.79 Å². The van der Waals surface area contributed by atoms with Crippen LogP contribution in [0, 0.1) is 0 Å². The van der Waals surface area contributed by atoms with Crippen LogP contribution in [0.2, 0.25) is 0 Å². The fourth-order valence-electron chi connectivity index (χ4n) is 1.26. The summed E-state index contributed by atoms with van der Waals surface area (Å²) in [5.41, 5.74) is 0.756. The number of alkyl halides is 3. The molecule has 1 aromatic carbocycles. The van der Waals surface area contributed by atoms with Gasteiger partial charge in [-0.3, -0.25) is 0 Å². The highest BCUT2D eigenvalue weighted by atomic mass is 19.4. The normalized spacial score (nSPS) is 11.7. The number of ether oxygens (including phenoxy) is 1. The fraction of sp³-hybridized carbons (Fsp3) is 0.100. The monoisotopic (exact) mass is 229 g/mol. The maximum atomic E-state index is 11.9. The molecule has 6 heteroatoms. The van der Waals surface area contributed by atoms with Crippen LogP contribution in [0.3, 0.4) is 0 Å². The van der Waals surface area contributed by atoms with E-state index >= 15 is 0 Å². The van der Waals surface area contributed by atoms with E-state index in [1.807, 2.05) is 0 Å². The van der Waals surface area contributed by atoms with Crippen molar-refractivity contribution in [1.29, 1.82) is 0 Å². The van der Waals surface area contributed by atoms with E-state index in [0.717, 1.165) is 5.52 Å². The Bertz CT molecular complexity index is 530. The topological polar surface area (TPSA) is 42.1 Å². The Kier molecular flexibility index (Phi) is 2.34. The highest BCUT2D eigenvalue weighted by molar-refractivity contribution is 5.83. The van der Waals surface area contributed by atoms with E-state index in [0.29, 0.717) is 5.39 Å². The molecule has 1 aromatic heterocycles. The number of H-pyrrole nitrogens is 1. The zero-order valence-electron chi connectivity index (χ0n) is 7.84. The van der Waals surface area contributed by atoms with Gasteiger partial charge >= 0.3 is 12.1 Å². The second-order valence-electron chi connectivity index (χ2n) is 3.11. The molecule has 0 aliphatic heterocycles. The largest absolute Gasteiger partial charge is 0.491 e. The molecule has 0 aliphatic carbocycles. The van der Waals surface area contributed by atoms with Gasteiger partial charge < -0.3 is 9.72 Å². The lowest BCUT2D eigenvalue weighted by Gasteiger charge is -2.06. The van der Waals surface area contributed by atoms with Gasteiger partial charge in [0, 0.05) is 17.1 Å². The van der Waals surface area contributed by atoms with Crippen molar-refractivity contribution in [1.82, 2.24) is 4.98 Å². The molecule has 0 radical (unpaired) electrons. The first-order chi connectivity index (χ1) is 7.47. The lowest BCUT2D eigenvalue weighted by atomic mass is 10.2. The quantitative estimate of drug-likeness (QED) is 0.603. The highest BCUT2D eigenvalue weighted by Crippen LogP contribution is 2.23. The summed E-state index contributed by atoms with van der Waals surface area (Å²) >= 11 is 0. The van der Waals surface area contributed by atoms with E-state index in [2.05, 4.69) is 9.72 Å². The number of aromatic nitrogens is 1. The summed E-state index contributed by atoms with van der Waals surface area (Å²) in [6.45, 7) is 0. The van der Waals surface area contributed by atoms with Crippen LogP contribution in [0.5, 0.6) is 5.75 Å². The molecule has 0 spiro atoms. The predicted octanol–water partition coefficient (Wildman–Crippen LogP) is 2.64. The maximum Gasteiger partial charge on any atom is 0.491 e. The van der Waals surface area contributed by atoms with Crippen LogP contribution >= 0.6 is 0 Å². The minimum Gasteiger partial charge on any atom is -0.420 e. The molecule has 0 fully saturated rings. The summed E-state index contributed by atoms with van der Waals surface area (Å²) in [4.78, 5) is 13.4. The van der Waals surface area contributed by atoms with Gasteiger partial charge in [-0.1, -0.05) is 0 Å². The smallest absolute Gasteiger partial charge is 0.420 e. The first-order valence-corrected chi connectivity index (χ1v) is 4.33. The van der Waals surface area contributed by atoms with Gasteiger partial charge in [-0.05, 0) is 24.3 Å². The number of fused-ring (bicyclic) bond motifs is 1. The van der Waals surface area contributed by atoms with E-state index in [9.17, 15) is 18.0 Å². The Labute approximate surface area is 87.8 Å².